The van der Waals surface area contributed by atoms with Crippen LogP contribution in [0.2, 0.25) is 0 Å². The Labute approximate surface area is 122 Å². The molecule has 2 aromatic rings. The van der Waals surface area contributed by atoms with Gasteiger partial charge >= 0.3 is 0 Å². The number of hydrogen-bond acceptors (Lipinski definition) is 3. The van der Waals surface area contributed by atoms with E-state index in [0.717, 1.165) is 27.5 Å². The fourth-order valence-electron chi connectivity index (χ4n) is 2.38. The Morgan fingerprint density at radius 1 is 1.30 bits per heavy atom. The summed E-state index contributed by atoms with van der Waals surface area (Å²) >= 11 is 1.73. The number of aryl methyl sites for hydroxylation is 1. The molecular weight excluding hydrogens is 273 g/mol. The molecule has 0 saturated carbocycles. The van der Waals surface area contributed by atoms with Gasteiger partial charge in [0.25, 0.3) is 0 Å². The van der Waals surface area contributed by atoms with Crippen LogP contribution in [0.25, 0.3) is 0 Å². The molecular formula is C16H16FNOS. The first kappa shape index (κ1) is 13.5. The summed E-state index contributed by atoms with van der Waals surface area (Å²) in [5, 5.41) is 0. The van der Waals surface area contributed by atoms with Gasteiger partial charge in [-0.25, -0.2) is 4.39 Å². The van der Waals surface area contributed by atoms with E-state index >= 15 is 0 Å². The minimum Gasteiger partial charge on any atom is -0.486 e. The molecule has 0 fully saturated rings. The number of hydrogen-bond donors (Lipinski definition) is 1. The molecule has 2 unspecified atom stereocenters. The van der Waals surface area contributed by atoms with E-state index in [-0.39, 0.29) is 18.0 Å². The zero-order valence-corrected chi connectivity index (χ0v) is 12.0. The lowest BCUT2D eigenvalue weighted by molar-refractivity contribution is 0.185. The van der Waals surface area contributed by atoms with Gasteiger partial charge in [0.15, 0.2) is 0 Å². The highest BCUT2D eigenvalue weighted by molar-refractivity contribution is 7.99. The first-order valence-corrected chi connectivity index (χ1v) is 7.54. The van der Waals surface area contributed by atoms with Crippen LogP contribution in [0.4, 0.5) is 4.39 Å². The molecule has 0 bridgehead atoms. The molecule has 0 amide bonds. The van der Waals surface area contributed by atoms with Gasteiger partial charge in [0.2, 0.25) is 0 Å². The number of ether oxygens (including phenoxy) is 1. The van der Waals surface area contributed by atoms with Gasteiger partial charge < -0.3 is 10.5 Å². The van der Waals surface area contributed by atoms with Crippen LogP contribution in [-0.2, 0) is 0 Å². The average Bonchev–Trinajstić information content (AvgIpc) is 2.48. The van der Waals surface area contributed by atoms with Crippen LogP contribution in [0, 0.1) is 12.7 Å². The summed E-state index contributed by atoms with van der Waals surface area (Å²) in [6.45, 7) is 1.94. The van der Waals surface area contributed by atoms with Crippen molar-refractivity contribution in [2.75, 3.05) is 5.75 Å². The van der Waals surface area contributed by atoms with Crippen molar-refractivity contribution >= 4 is 11.8 Å². The van der Waals surface area contributed by atoms with E-state index in [1.807, 2.05) is 31.2 Å². The zero-order chi connectivity index (χ0) is 14.1. The second-order valence-electron chi connectivity index (χ2n) is 4.94. The summed E-state index contributed by atoms with van der Waals surface area (Å²) in [7, 11) is 0. The van der Waals surface area contributed by atoms with Gasteiger partial charge in [-0.3, -0.25) is 0 Å². The Morgan fingerprint density at radius 3 is 2.95 bits per heavy atom. The minimum atomic E-state index is -0.327. The van der Waals surface area contributed by atoms with Gasteiger partial charge in [-0.1, -0.05) is 18.2 Å². The van der Waals surface area contributed by atoms with E-state index in [9.17, 15) is 4.39 Å². The molecule has 4 heteroatoms. The van der Waals surface area contributed by atoms with Crippen LogP contribution in [-0.4, -0.2) is 11.9 Å². The number of para-hydroxylation sites is 1. The van der Waals surface area contributed by atoms with Crippen molar-refractivity contribution < 1.29 is 9.13 Å². The number of fused-ring (bicyclic) bond motifs is 1. The second kappa shape index (κ2) is 5.46. The van der Waals surface area contributed by atoms with Gasteiger partial charge in [0.05, 0.1) is 6.04 Å². The van der Waals surface area contributed by atoms with Crippen molar-refractivity contribution in [2.45, 2.75) is 24.0 Å². The summed E-state index contributed by atoms with van der Waals surface area (Å²) in [4.78, 5) is 1.13. The maximum absolute atomic E-state index is 13.4. The Hall–Kier alpha value is -1.52. The molecule has 2 aromatic carbocycles. The van der Waals surface area contributed by atoms with Gasteiger partial charge in [0, 0.05) is 10.6 Å². The molecule has 0 spiro atoms. The number of benzene rings is 2. The lowest BCUT2D eigenvalue weighted by Gasteiger charge is -2.30. The Morgan fingerprint density at radius 2 is 2.10 bits per heavy atom. The quantitative estimate of drug-likeness (QED) is 0.916. The van der Waals surface area contributed by atoms with Crippen LogP contribution >= 0.6 is 11.8 Å². The van der Waals surface area contributed by atoms with Crippen molar-refractivity contribution in [3.05, 3.63) is 59.4 Å². The van der Waals surface area contributed by atoms with E-state index in [2.05, 4.69) is 0 Å². The molecule has 2 N–H and O–H groups in total. The molecule has 3 rings (SSSR count). The number of nitrogens with two attached hydrogens (primary N) is 1. The summed E-state index contributed by atoms with van der Waals surface area (Å²) in [5.74, 6) is 1.37. The van der Waals surface area contributed by atoms with Crippen LogP contribution in [0.15, 0.2) is 47.4 Å². The first-order chi connectivity index (χ1) is 9.65. The van der Waals surface area contributed by atoms with Crippen LogP contribution < -0.4 is 10.5 Å². The fourth-order valence-corrected chi connectivity index (χ4v) is 3.44. The van der Waals surface area contributed by atoms with E-state index < -0.39 is 0 Å². The lowest BCUT2D eigenvalue weighted by atomic mass is 9.98. The highest BCUT2D eigenvalue weighted by atomic mass is 32.2. The predicted molar refractivity (Wildman–Crippen MR) is 79.6 cm³/mol. The topological polar surface area (TPSA) is 35.2 Å². The van der Waals surface area contributed by atoms with Crippen LogP contribution in [0.1, 0.15) is 17.2 Å². The molecule has 2 atom stereocenters. The molecule has 1 heterocycles. The first-order valence-electron chi connectivity index (χ1n) is 6.55. The molecule has 0 radical (unpaired) electrons. The largest absolute Gasteiger partial charge is 0.486 e. The van der Waals surface area contributed by atoms with Crippen molar-refractivity contribution in [3.8, 4) is 5.75 Å². The maximum atomic E-state index is 13.4. The summed E-state index contributed by atoms with van der Waals surface area (Å²) in [6, 6.07) is 12.3. The SMILES string of the molecule is Cc1ccc(F)cc1C(N)C1CSc2ccccc2O1. The number of halogens is 1. The molecule has 104 valence electrons. The molecule has 0 aromatic heterocycles. The maximum Gasteiger partial charge on any atom is 0.133 e. The van der Waals surface area contributed by atoms with Gasteiger partial charge in [0.1, 0.15) is 17.7 Å². The van der Waals surface area contributed by atoms with Crippen molar-refractivity contribution in [3.63, 3.8) is 0 Å². The van der Waals surface area contributed by atoms with Gasteiger partial charge in [-0.05, 0) is 42.3 Å². The normalized spacial score (nSPS) is 19.1. The van der Waals surface area contributed by atoms with Crippen molar-refractivity contribution in [1.29, 1.82) is 0 Å². The summed E-state index contributed by atoms with van der Waals surface area (Å²) in [6.07, 6.45) is -0.143. The number of rotatable bonds is 2. The van der Waals surface area contributed by atoms with E-state index in [4.69, 9.17) is 10.5 Å². The zero-order valence-electron chi connectivity index (χ0n) is 11.2. The molecule has 2 nitrogen and oxygen atoms in total. The van der Waals surface area contributed by atoms with E-state index in [0.29, 0.717) is 0 Å². The van der Waals surface area contributed by atoms with E-state index in [1.54, 1.807) is 17.8 Å². The molecule has 1 aliphatic heterocycles. The van der Waals surface area contributed by atoms with Crippen molar-refractivity contribution in [1.82, 2.24) is 0 Å². The lowest BCUT2D eigenvalue weighted by Crippen LogP contribution is -2.35. The second-order valence-corrected chi connectivity index (χ2v) is 6.00. The third-order valence-electron chi connectivity index (χ3n) is 3.53. The fraction of sp³-hybridized carbons (Fsp3) is 0.250. The van der Waals surface area contributed by atoms with Crippen LogP contribution in [0.3, 0.4) is 0 Å². The van der Waals surface area contributed by atoms with Crippen LogP contribution in [0.5, 0.6) is 5.75 Å². The molecule has 1 aliphatic rings. The third kappa shape index (κ3) is 2.53. The van der Waals surface area contributed by atoms with E-state index in [1.165, 1.54) is 12.1 Å². The van der Waals surface area contributed by atoms with Gasteiger partial charge in [-0.15, -0.1) is 11.8 Å². The monoisotopic (exact) mass is 289 g/mol. The Balaban J connectivity index is 1.85. The van der Waals surface area contributed by atoms with Crippen molar-refractivity contribution in [2.24, 2.45) is 5.73 Å². The highest BCUT2D eigenvalue weighted by Crippen LogP contribution is 2.38. The summed E-state index contributed by atoms with van der Waals surface area (Å²) < 4.78 is 19.4. The summed E-state index contributed by atoms with van der Waals surface area (Å²) in [5.41, 5.74) is 8.10. The third-order valence-corrected chi connectivity index (χ3v) is 4.68. The van der Waals surface area contributed by atoms with Gasteiger partial charge in [-0.2, -0.15) is 0 Å². The molecule has 0 saturated heterocycles. The highest BCUT2D eigenvalue weighted by Gasteiger charge is 2.27. The Kier molecular flexibility index (Phi) is 3.68. The standard InChI is InChI=1S/C16H16FNOS/c1-10-6-7-11(17)8-12(10)16(18)14-9-20-15-5-3-2-4-13(15)19-14/h2-8,14,16H,9,18H2,1H3. The number of thioether (sulfide) groups is 1. The smallest absolute Gasteiger partial charge is 0.133 e. The molecule has 0 aliphatic carbocycles. The predicted octanol–water partition coefficient (Wildman–Crippen LogP) is 3.69. The average molecular weight is 289 g/mol. The minimum absolute atomic E-state index is 0.143. The Bertz CT molecular complexity index is 632. The molecule has 20 heavy (non-hydrogen) atoms.